The SMILES string of the molecule is COc1cccc(N(Cc2ccc(C(=O)NCCOc3ccccc3Cl)cc2)S(C)(=O)=O)c1. The number of benzene rings is 3. The molecular formula is C24H25ClN2O5S. The van der Waals surface area contributed by atoms with Gasteiger partial charge in [-0.15, -0.1) is 0 Å². The molecule has 1 amide bonds. The number of nitrogens with zero attached hydrogens (tertiary/aromatic N) is 1. The summed E-state index contributed by atoms with van der Waals surface area (Å²) in [7, 11) is -2.01. The predicted octanol–water partition coefficient (Wildman–Crippen LogP) is 4.12. The molecule has 3 aromatic carbocycles. The topological polar surface area (TPSA) is 84.9 Å². The van der Waals surface area contributed by atoms with Crippen molar-refractivity contribution in [3.63, 3.8) is 0 Å². The molecule has 0 radical (unpaired) electrons. The summed E-state index contributed by atoms with van der Waals surface area (Å²) in [5.74, 6) is 0.869. The van der Waals surface area contributed by atoms with Crippen LogP contribution < -0.4 is 19.1 Å². The molecule has 0 fully saturated rings. The van der Waals surface area contributed by atoms with Crippen LogP contribution in [0.2, 0.25) is 5.02 Å². The molecule has 0 aliphatic rings. The van der Waals surface area contributed by atoms with E-state index >= 15 is 0 Å². The van der Waals surface area contributed by atoms with E-state index in [-0.39, 0.29) is 19.1 Å². The van der Waals surface area contributed by atoms with Crippen molar-refractivity contribution in [2.45, 2.75) is 6.54 Å². The fourth-order valence-corrected chi connectivity index (χ4v) is 4.15. The highest BCUT2D eigenvalue weighted by Gasteiger charge is 2.18. The van der Waals surface area contributed by atoms with Gasteiger partial charge < -0.3 is 14.8 Å². The zero-order valence-electron chi connectivity index (χ0n) is 18.3. The smallest absolute Gasteiger partial charge is 0.251 e. The summed E-state index contributed by atoms with van der Waals surface area (Å²) in [6.45, 7) is 0.709. The van der Waals surface area contributed by atoms with E-state index in [4.69, 9.17) is 21.1 Å². The molecule has 7 nitrogen and oxygen atoms in total. The Morgan fingerprint density at radius 2 is 1.76 bits per heavy atom. The van der Waals surface area contributed by atoms with Crippen LogP contribution in [-0.4, -0.2) is 40.8 Å². The summed E-state index contributed by atoms with van der Waals surface area (Å²) < 4.78 is 36.8. The van der Waals surface area contributed by atoms with Crippen LogP contribution in [0.3, 0.4) is 0 Å². The molecule has 0 aliphatic heterocycles. The number of nitrogens with one attached hydrogen (secondary N) is 1. The van der Waals surface area contributed by atoms with Crippen LogP contribution in [0.15, 0.2) is 72.8 Å². The maximum Gasteiger partial charge on any atom is 0.251 e. The van der Waals surface area contributed by atoms with Gasteiger partial charge in [0.15, 0.2) is 0 Å². The van der Waals surface area contributed by atoms with Crippen LogP contribution in [0.5, 0.6) is 11.5 Å². The lowest BCUT2D eigenvalue weighted by atomic mass is 10.1. The summed E-state index contributed by atoms with van der Waals surface area (Å²) in [5, 5.41) is 3.30. The van der Waals surface area contributed by atoms with Crippen LogP contribution in [-0.2, 0) is 16.6 Å². The molecule has 0 saturated heterocycles. The molecule has 0 spiro atoms. The van der Waals surface area contributed by atoms with E-state index in [0.717, 1.165) is 11.8 Å². The van der Waals surface area contributed by atoms with Crippen molar-refractivity contribution in [3.8, 4) is 11.5 Å². The number of rotatable bonds is 10. The summed E-state index contributed by atoms with van der Waals surface area (Å²) >= 11 is 6.04. The van der Waals surface area contributed by atoms with Gasteiger partial charge in [0, 0.05) is 11.6 Å². The summed E-state index contributed by atoms with van der Waals surface area (Å²) in [5.41, 5.74) is 1.70. The van der Waals surface area contributed by atoms with Gasteiger partial charge in [0.1, 0.15) is 18.1 Å². The van der Waals surface area contributed by atoms with E-state index in [1.54, 1.807) is 60.7 Å². The Labute approximate surface area is 198 Å². The van der Waals surface area contributed by atoms with Gasteiger partial charge in [-0.25, -0.2) is 8.42 Å². The van der Waals surface area contributed by atoms with Crippen molar-refractivity contribution in [1.29, 1.82) is 0 Å². The zero-order valence-corrected chi connectivity index (χ0v) is 19.9. The third-order valence-electron chi connectivity index (χ3n) is 4.77. The van der Waals surface area contributed by atoms with E-state index in [1.165, 1.54) is 11.4 Å². The summed E-state index contributed by atoms with van der Waals surface area (Å²) in [6.07, 6.45) is 1.15. The van der Waals surface area contributed by atoms with Crippen LogP contribution in [0.1, 0.15) is 15.9 Å². The number of carbonyl (C=O) groups is 1. The van der Waals surface area contributed by atoms with Gasteiger partial charge in [0.05, 0.1) is 37.2 Å². The van der Waals surface area contributed by atoms with Crippen LogP contribution in [0.25, 0.3) is 0 Å². The second kappa shape index (κ2) is 11.1. The van der Waals surface area contributed by atoms with Gasteiger partial charge in [0.2, 0.25) is 10.0 Å². The molecular weight excluding hydrogens is 464 g/mol. The molecule has 0 atom stereocenters. The molecule has 9 heteroatoms. The highest BCUT2D eigenvalue weighted by molar-refractivity contribution is 7.92. The lowest BCUT2D eigenvalue weighted by Crippen LogP contribution is -2.29. The third kappa shape index (κ3) is 6.87. The van der Waals surface area contributed by atoms with Crippen molar-refractivity contribution < 1.29 is 22.7 Å². The second-order valence-electron chi connectivity index (χ2n) is 7.20. The lowest BCUT2D eigenvalue weighted by Gasteiger charge is -2.23. The van der Waals surface area contributed by atoms with Gasteiger partial charge in [0.25, 0.3) is 5.91 Å². The van der Waals surface area contributed by atoms with Crippen LogP contribution in [0.4, 0.5) is 5.69 Å². The van der Waals surface area contributed by atoms with Gasteiger partial charge in [-0.3, -0.25) is 9.10 Å². The van der Waals surface area contributed by atoms with Crippen molar-refractivity contribution in [3.05, 3.63) is 88.9 Å². The quantitative estimate of drug-likeness (QED) is 0.434. The van der Waals surface area contributed by atoms with E-state index in [0.29, 0.717) is 34.3 Å². The highest BCUT2D eigenvalue weighted by atomic mass is 35.5. The van der Waals surface area contributed by atoms with Gasteiger partial charge >= 0.3 is 0 Å². The van der Waals surface area contributed by atoms with Crippen molar-refractivity contribution >= 4 is 33.2 Å². The van der Waals surface area contributed by atoms with E-state index in [1.807, 2.05) is 12.1 Å². The number of halogens is 1. The molecule has 1 N–H and O–H groups in total. The number of para-hydroxylation sites is 1. The molecule has 3 aromatic rings. The fraction of sp³-hybridized carbons (Fsp3) is 0.208. The van der Waals surface area contributed by atoms with E-state index in [9.17, 15) is 13.2 Å². The normalized spacial score (nSPS) is 11.0. The number of ether oxygens (including phenoxy) is 2. The van der Waals surface area contributed by atoms with Gasteiger partial charge in [-0.1, -0.05) is 41.9 Å². The number of anilines is 1. The molecule has 3 rings (SSSR count). The minimum absolute atomic E-state index is 0.125. The molecule has 0 bridgehead atoms. The zero-order chi connectivity index (χ0) is 23.8. The van der Waals surface area contributed by atoms with Crippen molar-refractivity contribution in [1.82, 2.24) is 5.32 Å². The molecule has 33 heavy (non-hydrogen) atoms. The van der Waals surface area contributed by atoms with Crippen molar-refractivity contribution in [2.24, 2.45) is 0 Å². The molecule has 0 heterocycles. The Bertz CT molecular complexity index is 1200. The van der Waals surface area contributed by atoms with Gasteiger partial charge in [-0.2, -0.15) is 0 Å². The largest absolute Gasteiger partial charge is 0.497 e. The number of carbonyl (C=O) groups excluding carboxylic acids is 1. The number of hydrogen-bond donors (Lipinski definition) is 1. The number of amides is 1. The first kappa shape index (κ1) is 24.4. The first-order valence-electron chi connectivity index (χ1n) is 10.1. The summed E-state index contributed by atoms with van der Waals surface area (Å²) in [4.78, 5) is 12.4. The minimum atomic E-state index is -3.53. The van der Waals surface area contributed by atoms with Crippen LogP contribution >= 0.6 is 11.6 Å². The molecule has 0 saturated carbocycles. The molecule has 0 aliphatic carbocycles. The standard InChI is InChI=1S/C24H25ClN2O5S/c1-31-21-7-5-6-20(16-21)27(33(2,29)30)17-18-10-12-19(13-11-18)24(28)26-14-15-32-23-9-4-3-8-22(23)25/h3-13,16H,14-15,17H2,1-2H3,(H,26,28). The third-order valence-corrected chi connectivity index (χ3v) is 6.22. The van der Waals surface area contributed by atoms with E-state index in [2.05, 4.69) is 5.32 Å². The first-order chi connectivity index (χ1) is 15.8. The monoisotopic (exact) mass is 488 g/mol. The minimum Gasteiger partial charge on any atom is -0.497 e. The maximum atomic E-state index is 12.4. The lowest BCUT2D eigenvalue weighted by molar-refractivity contribution is 0.0947. The van der Waals surface area contributed by atoms with Crippen molar-refractivity contribution in [2.75, 3.05) is 30.8 Å². The molecule has 0 unspecified atom stereocenters. The Kier molecular flexibility index (Phi) is 8.19. The second-order valence-corrected chi connectivity index (χ2v) is 9.52. The number of methoxy groups -OCH3 is 1. The Balaban J connectivity index is 1.60. The van der Waals surface area contributed by atoms with Gasteiger partial charge in [-0.05, 0) is 42.0 Å². The molecule has 0 aromatic heterocycles. The first-order valence-corrected chi connectivity index (χ1v) is 12.4. The van der Waals surface area contributed by atoms with E-state index < -0.39 is 10.0 Å². The Morgan fingerprint density at radius 1 is 1.03 bits per heavy atom. The summed E-state index contributed by atoms with van der Waals surface area (Å²) in [6, 6.07) is 20.7. The maximum absolute atomic E-state index is 12.4. The number of hydrogen-bond acceptors (Lipinski definition) is 5. The Hall–Kier alpha value is -3.23. The number of sulfonamides is 1. The van der Waals surface area contributed by atoms with Crippen LogP contribution in [0, 0.1) is 0 Å². The molecule has 174 valence electrons. The fourth-order valence-electron chi connectivity index (χ4n) is 3.08. The predicted molar refractivity (Wildman–Crippen MR) is 130 cm³/mol. The average molecular weight is 489 g/mol. The average Bonchev–Trinajstić information content (AvgIpc) is 2.81. The Morgan fingerprint density at radius 3 is 2.42 bits per heavy atom. The highest BCUT2D eigenvalue weighted by Crippen LogP contribution is 2.25.